The summed E-state index contributed by atoms with van der Waals surface area (Å²) < 4.78 is 5.35. The Morgan fingerprint density at radius 3 is 1.73 bits per heavy atom. The van der Waals surface area contributed by atoms with Gasteiger partial charge in [0.2, 0.25) is 0 Å². The van der Waals surface area contributed by atoms with E-state index in [9.17, 15) is 9.59 Å². The molecule has 0 radical (unpaired) electrons. The van der Waals surface area contributed by atoms with Crippen LogP contribution >= 0.6 is 0 Å². The van der Waals surface area contributed by atoms with Crippen molar-refractivity contribution in [2.45, 2.75) is 26.7 Å². The SMILES string of the molecule is CCOc1ccc(C(=O)NCCNC(=O)c2ccc(C(C)C)cc2)cc1. The first-order chi connectivity index (χ1) is 12.5. The standard InChI is InChI=1S/C21H26N2O3/c1-4-26-19-11-9-18(10-12-19)21(25)23-14-13-22-20(24)17-7-5-16(6-8-17)15(2)3/h5-12,15H,4,13-14H2,1-3H3,(H,22,24)(H,23,25). The van der Waals surface area contributed by atoms with Crippen LogP contribution in [-0.4, -0.2) is 31.5 Å². The second-order valence-electron chi connectivity index (χ2n) is 6.25. The van der Waals surface area contributed by atoms with Crippen LogP contribution in [0.25, 0.3) is 0 Å². The fraction of sp³-hybridized carbons (Fsp3) is 0.333. The van der Waals surface area contributed by atoms with Crippen molar-refractivity contribution in [3.63, 3.8) is 0 Å². The van der Waals surface area contributed by atoms with Crippen LogP contribution in [0.3, 0.4) is 0 Å². The maximum Gasteiger partial charge on any atom is 0.251 e. The molecular weight excluding hydrogens is 328 g/mol. The zero-order chi connectivity index (χ0) is 18.9. The molecule has 2 aromatic rings. The van der Waals surface area contributed by atoms with E-state index < -0.39 is 0 Å². The van der Waals surface area contributed by atoms with Crippen molar-refractivity contribution < 1.29 is 14.3 Å². The third-order valence-electron chi connectivity index (χ3n) is 3.96. The Hall–Kier alpha value is -2.82. The van der Waals surface area contributed by atoms with Gasteiger partial charge >= 0.3 is 0 Å². The summed E-state index contributed by atoms with van der Waals surface area (Å²) in [6.45, 7) is 7.46. The van der Waals surface area contributed by atoms with Crippen LogP contribution in [0.4, 0.5) is 0 Å². The summed E-state index contributed by atoms with van der Waals surface area (Å²) in [6.07, 6.45) is 0. The molecule has 2 N–H and O–H groups in total. The number of carbonyl (C=O) groups excluding carboxylic acids is 2. The van der Waals surface area contributed by atoms with Gasteiger partial charge in [0.1, 0.15) is 5.75 Å². The molecule has 5 heteroatoms. The van der Waals surface area contributed by atoms with Crippen molar-refractivity contribution in [2.75, 3.05) is 19.7 Å². The summed E-state index contributed by atoms with van der Waals surface area (Å²) in [5.41, 5.74) is 2.38. The maximum absolute atomic E-state index is 12.1. The Morgan fingerprint density at radius 1 is 0.846 bits per heavy atom. The van der Waals surface area contributed by atoms with E-state index in [1.807, 2.05) is 31.2 Å². The third-order valence-corrected chi connectivity index (χ3v) is 3.96. The van der Waals surface area contributed by atoms with Crippen molar-refractivity contribution in [3.05, 3.63) is 65.2 Å². The van der Waals surface area contributed by atoms with Crippen LogP contribution in [0.15, 0.2) is 48.5 Å². The Bertz CT molecular complexity index is 722. The van der Waals surface area contributed by atoms with Gasteiger partial charge in [0, 0.05) is 24.2 Å². The van der Waals surface area contributed by atoms with Crippen molar-refractivity contribution >= 4 is 11.8 Å². The average Bonchev–Trinajstić information content (AvgIpc) is 2.65. The van der Waals surface area contributed by atoms with Gasteiger partial charge in [0.05, 0.1) is 6.61 Å². The molecule has 0 fully saturated rings. The molecule has 0 unspecified atom stereocenters. The topological polar surface area (TPSA) is 67.4 Å². The highest BCUT2D eigenvalue weighted by Gasteiger charge is 2.08. The molecule has 0 bridgehead atoms. The van der Waals surface area contributed by atoms with Gasteiger partial charge in [-0.1, -0.05) is 26.0 Å². The molecule has 0 aliphatic rings. The number of benzene rings is 2. The Labute approximate surface area is 154 Å². The summed E-state index contributed by atoms with van der Waals surface area (Å²) >= 11 is 0. The van der Waals surface area contributed by atoms with Crippen LogP contribution in [0.5, 0.6) is 5.75 Å². The number of hydrogen-bond donors (Lipinski definition) is 2. The first-order valence-corrected chi connectivity index (χ1v) is 8.90. The lowest BCUT2D eigenvalue weighted by atomic mass is 10.0. The van der Waals surface area contributed by atoms with Crippen molar-refractivity contribution in [3.8, 4) is 5.75 Å². The zero-order valence-corrected chi connectivity index (χ0v) is 15.5. The number of rotatable bonds is 8. The lowest BCUT2D eigenvalue weighted by Gasteiger charge is -2.09. The van der Waals surface area contributed by atoms with Gasteiger partial charge in [-0.2, -0.15) is 0 Å². The van der Waals surface area contributed by atoms with Gasteiger partial charge in [-0.05, 0) is 54.8 Å². The van der Waals surface area contributed by atoms with E-state index >= 15 is 0 Å². The van der Waals surface area contributed by atoms with E-state index in [4.69, 9.17) is 4.74 Å². The van der Waals surface area contributed by atoms with E-state index in [1.165, 1.54) is 5.56 Å². The summed E-state index contributed by atoms with van der Waals surface area (Å²) in [4.78, 5) is 24.2. The van der Waals surface area contributed by atoms with Crippen molar-refractivity contribution in [1.29, 1.82) is 0 Å². The molecule has 0 spiro atoms. The monoisotopic (exact) mass is 354 g/mol. The molecule has 0 heterocycles. The lowest BCUT2D eigenvalue weighted by Crippen LogP contribution is -2.34. The number of nitrogens with one attached hydrogen (secondary N) is 2. The molecule has 2 aromatic carbocycles. The molecular formula is C21H26N2O3. The molecule has 138 valence electrons. The zero-order valence-electron chi connectivity index (χ0n) is 15.5. The second-order valence-corrected chi connectivity index (χ2v) is 6.25. The molecule has 2 amide bonds. The largest absolute Gasteiger partial charge is 0.494 e. The highest BCUT2D eigenvalue weighted by molar-refractivity contribution is 5.95. The minimum Gasteiger partial charge on any atom is -0.494 e. The van der Waals surface area contributed by atoms with E-state index in [-0.39, 0.29) is 11.8 Å². The molecule has 0 atom stereocenters. The van der Waals surface area contributed by atoms with Gasteiger partial charge in [0.25, 0.3) is 11.8 Å². The van der Waals surface area contributed by atoms with Gasteiger partial charge in [0.15, 0.2) is 0 Å². The number of hydrogen-bond acceptors (Lipinski definition) is 3. The average molecular weight is 354 g/mol. The van der Waals surface area contributed by atoms with E-state index in [0.29, 0.717) is 36.7 Å². The minimum absolute atomic E-state index is 0.143. The number of ether oxygens (including phenoxy) is 1. The van der Waals surface area contributed by atoms with Crippen LogP contribution in [0, 0.1) is 0 Å². The van der Waals surface area contributed by atoms with E-state index in [0.717, 1.165) is 5.75 Å². The van der Waals surface area contributed by atoms with Gasteiger partial charge < -0.3 is 15.4 Å². The fourth-order valence-electron chi connectivity index (χ4n) is 2.44. The normalized spacial score (nSPS) is 10.5. The first-order valence-electron chi connectivity index (χ1n) is 8.90. The highest BCUT2D eigenvalue weighted by atomic mass is 16.5. The van der Waals surface area contributed by atoms with Crippen LogP contribution in [0.1, 0.15) is 53.0 Å². The Morgan fingerprint density at radius 2 is 1.31 bits per heavy atom. The van der Waals surface area contributed by atoms with Crippen LogP contribution in [0.2, 0.25) is 0 Å². The summed E-state index contributed by atoms with van der Waals surface area (Å²) in [5, 5.41) is 5.59. The number of carbonyl (C=O) groups is 2. The minimum atomic E-state index is -0.177. The molecule has 0 saturated carbocycles. The summed E-state index contributed by atoms with van der Waals surface area (Å²) in [6, 6.07) is 14.5. The first kappa shape index (κ1) is 19.5. The van der Waals surface area contributed by atoms with E-state index in [2.05, 4.69) is 24.5 Å². The third kappa shape index (κ3) is 5.62. The Kier molecular flexibility index (Phi) is 7.21. The smallest absolute Gasteiger partial charge is 0.251 e. The summed E-state index contributed by atoms with van der Waals surface area (Å²) in [5.74, 6) is 0.851. The molecule has 2 rings (SSSR count). The molecule has 26 heavy (non-hydrogen) atoms. The fourth-order valence-corrected chi connectivity index (χ4v) is 2.44. The Balaban J connectivity index is 1.75. The molecule has 0 aliphatic carbocycles. The molecule has 0 aliphatic heterocycles. The molecule has 5 nitrogen and oxygen atoms in total. The van der Waals surface area contributed by atoms with Gasteiger partial charge in [-0.25, -0.2) is 0 Å². The van der Waals surface area contributed by atoms with Crippen molar-refractivity contribution in [1.82, 2.24) is 10.6 Å². The van der Waals surface area contributed by atoms with Crippen molar-refractivity contribution in [2.24, 2.45) is 0 Å². The predicted molar refractivity (Wildman–Crippen MR) is 103 cm³/mol. The quantitative estimate of drug-likeness (QED) is 0.714. The molecule has 0 saturated heterocycles. The second kappa shape index (κ2) is 9.61. The van der Waals surface area contributed by atoms with Gasteiger partial charge in [-0.3, -0.25) is 9.59 Å². The van der Waals surface area contributed by atoms with Gasteiger partial charge in [-0.15, -0.1) is 0 Å². The van der Waals surface area contributed by atoms with Crippen LogP contribution < -0.4 is 15.4 Å². The lowest BCUT2D eigenvalue weighted by molar-refractivity contribution is 0.0927. The molecule has 0 aromatic heterocycles. The van der Waals surface area contributed by atoms with E-state index in [1.54, 1.807) is 24.3 Å². The number of amides is 2. The van der Waals surface area contributed by atoms with Crippen LogP contribution in [-0.2, 0) is 0 Å². The highest BCUT2D eigenvalue weighted by Crippen LogP contribution is 2.14. The summed E-state index contributed by atoms with van der Waals surface area (Å²) in [7, 11) is 0. The predicted octanol–water partition coefficient (Wildman–Crippen LogP) is 3.37. The maximum atomic E-state index is 12.1.